The van der Waals surface area contributed by atoms with E-state index in [2.05, 4.69) is 4.98 Å². The summed E-state index contributed by atoms with van der Waals surface area (Å²) in [7, 11) is 0. The van der Waals surface area contributed by atoms with Crippen LogP contribution >= 0.6 is 11.3 Å². The van der Waals surface area contributed by atoms with E-state index in [4.69, 9.17) is 5.73 Å². The number of nitrogens with two attached hydrogens (primary N) is 1. The fraction of sp³-hybridized carbons (Fsp3) is 0.250. The highest BCUT2D eigenvalue weighted by Crippen LogP contribution is 2.34. The second-order valence-electron chi connectivity index (χ2n) is 4.17. The maximum Gasteiger partial charge on any atom is 0.194 e. The Hall–Kier alpha value is -1.56. The minimum absolute atomic E-state index is 0.145. The Bertz CT molecular complexity index is 570. The van der Waals surface area contributed by atoms with Gasteiger partial charge in [-0.25, -0.2) is 18.2 Å². The summed E-state index contributed by atoms with van der Waals surface area (Å²) in [4.78, 5) is 4.23. The van der Waals surface area contributed by atoms with Crippen molar-refractivity contribution in [1.82, 2.24) is 4.98 Å². The molecule has 0 amide bonds. The lowest BCUT2D eigenvalue weighted by atomic mass is 10.1. The van der Waals surface area contributed by atoms with Crippen LogP contribution in [0.25, 0.3) is 11.3 Å². The molecule has 0 unspecified atom stereocenters. The van der Waals surface area contributed by atoms with Gasteiger partial charge in [0.05, 0.1) is 5.01 Å². The summed E-state index contributed by atoms with van der Waals surface area (Å²) in [6.07, 6.45) is 0. The lowest BCUT2D eigenvalue weighted by Gasteiger charge is -2.01. The van der Waals surface area contributed by atoms with Crippen LogP contribution < -0.4 is 5.73 Å². The number of hydrogen-bond donors (Lipinski definition) is 1. The van der Waals surface area contributed by atoms with Crippen molar-refractivity contribution in [3.05, 3.63) is 34.6 Å². The van der Waals surface area contributed by atoms with Gasteiger partial charge in [-0.1, -0.05) is 13.8 Å². The Morgan fingerprint density at radius 1 is 1.17 bits per heavy atom. The second-order valence-corrected chi connectivity index (χ2v) is 5.24. The van der Waals surface area contributed by atoms with Gasteiger partial charge in [0.15, 0.2) is 17.5 Å². The Labute approximate surface area is 106 Å². The molecule has 0 aliphatic heterocycles. The number of benzene rings is 1. The maximum atomic E-state index is 13.1. The van der Waals surface area contributed by atoms with Crippen LogP contribution in [0.2, 0.25) is 0 Å². The molecule has 0 atom stereocenters. The number of halogens is 3. The maximum absolute atomic E-state index is 13.1. The zero-order valence-electron chi connectivity index (χ0n) is 9.80. The molecule has 0 radical (unpaired) electrons. The molecule has 6 heteroatoms. The van der Waals surface area contributed by atoms with Gasteiger partial charge in [-0.3, -0.25) is 0 Å². The molecule has 0 aliphatic carbocycles. The lowest BCUT2D eigenvalue weighted by Crippen LogP contribution is -1.94. The van der Waals surface area contributed by atoms with Crippen LogP contribution in [0, 0.1) is 17.5 Å². The highest BCUT2D eigenvalue weighted by Gasteiger charge is 2.17. The number of nitrogen functional groups attached to an aromatic ring is 1. The first-order chi connectivity index (χ1) is 8.40. The first-order valence-electron chi connectivity index (χ1n) is 5.31. The van der Waals surface area contributed by atoms with E-state index in [1.165, 1.54) is 11.3 Å². The van der Waals surface area contributed by atoms with Crippen LogP contribution in [-0.2, 0) is 0 Å². The molecule has 0 aliphatic rings. The van der Waals surface area contributed by atoms with Crippen molar-refractivity contribution in [2.24, 2.45) is 0 Å². The fourth-order valence-electron chi connectivity index (χ4n) is 1.50. The Morgan fingerprint density at radius 2 is 1.72 bits per heavy atom. The first kappa shape index (κ1) is 12.9. The number of anilines is 1. The molecule has 1 aromatic heterocycles. The molecule has 0 saturated carbocycles. The van der Waals surface area contributed by atoms with Crippen molar-refractivity contribution in [2.45, 2.75) is 19.8 Å². The van der Waals surface area contributed by atoms with Gasteiger partial charge >= 0.3 is 0 Å². The average molecular weight is 272 g/mol. The molecule has 0 spiro atoms. The number of thiazole rings is 1. The third kappa shape index (κ3) is 2.20. The Kier molecular flexibility index (Phi) is 3.30. The molecule has 0 saturated heterocycles. The van der Waals surface area contributed by atoms with Crippen LogP contribution in [0.1, 0.15) is 24.8 Å². The van der Waals surface area contributed by atoms with Gasteiger partial charge in [0.2, 0.25) is 0 Å². The van der Waals surface area contributed by atoms with Crippen molar-refractivity contribution >= 4 is 16.3 Å². The van der Waals surface area contributed by atoms with E-state index >= 15 is 0 Å². The van der Waals surface area contributed by atoms with Crippen molar-refractivity contribution in [3.8, 4) is 11.3 Å². The quantitative estimate of drug-likeness (QED) is 0.841. The number of rotatable bonds is 2. The third-order valence-electron chi connectivity index (χ3n) is 2.42. The molecule has 18 heavy (non-hydrogen) atoms. The normalized spacial score (nSPS) is 11.2. The Morgan fingerprint density at radius 3 is 2.17 bits per heavy atom. The predicted octanol–water partition coefficient (Wildman–Crippen LogP) is 3.93. The predicted molar refractivity (Wildman–Crippen MR) is 65.9 cm³/mol. The van der Waals surface area contributed by atoms with Gasteiger partial charge in [0.25, 0.3) is 0 Å². The number of aromatic nitrogens is 1. The second kappa shape index (κ2) is 4.61. The number of nitrogens with zero attached hydrogens (tertiary/aromatic N) is 1. The zero-order chi connectivity index (χ0) is 13.4. The highest BCUT2D eigenvalue weighted by molar-refractivity contribution is 7.16. The molecule has 2 N–H and O–H groups in total. The lowest BCUT2D eigenvalue weighted by molar-refractivity contribution is 0.447. The van der Waals surface area contributed by atoms with Crippen LogP contribution in [-0.4, -0.2) is 4.98 Å². The van der Waals surface area contributed by atoms with E-state index in [-0.39, 0.29) is 11.5 Å². The largest absolute Gasteiger partial charge is 0.389 e. The summed E-state index contributed by atoms with van der Waals surface area (Å²) in [6.45, 7) is 3.88. The third-order valence-corrected chi connectivity index (χ3v) is 3.61. The van der Waals surface area contributed by atoms with Gasteiger partial charge in [0, 0.05) is 11.5 Å². The van der Waals surface area contributed by atoms with Crippen molar-refractivity contribution in [1.29, 1.82) is 0 Å². The summed E-state index contributed by atoms with van der Waals surface area (Å²) in [5.74, 6) is -3.81. The molecule has 2 rings (SSSR count). The molecule has 96 valence electrons. The van der Waals surface area contributed by atoms with Gasteiger partial charge in [-0.15, -0.1) is 11.3 Å². The van der Waals surface area contributed by atoms with E-state index in [9.17, 15) is 13.2 Å². The summed E-state index contributed by atoms with van der Waals surface area (Å²) in [5.41, 5.74) is 6.21. The average Bonchev–Trinajstić information content (AvgIpc) is 2.68. The molecule has 1 aromatic carbocycles. The minimum Gasteiger partial charge on any atom is -0.389 e. The minimum atomic E-state index is -1.49. The smallest absolute Gasteiger partial charge is 0.194 e. The molecule has 0 bridgehead atoms. The van der Waals surface area contributed by atoms with Gasteiger partial charge in [0.1, 0.15) is 10.7 Å². The van der Waals surface area contributed by atoms with Crippen LogP contribution in [0.5, 0.6) is 0 Å². The summed E-state index contributed by atoms with van der Waals surface area (Å²) in [6, 6.07) is 1.79. The van der Waals surface area contributed by atoms with Crippen LogP contribution in [0.3, 0.4) is 0 Å². The molecular weight excluding hydrogens is 261 g/mol. The van der Waals surface area contributed by atoms with E-state index in [0.717, 1.165) is 17.1 Å². The van der Waals surface area contributed by atoms with Crippen LogP contribution in [0.15, 0.2) is 12.1 Å². The highest BCUT2D eigenvalue weighted by atomic mass is 32.1. The summed E-state index contributed by atoms with van der Waals surface area (Å²) in [5, 5.41) is 1.14. The van der Waals surface area contributed by atoms with E-state index in [0.29, 0.717) is 10.7 Å². The van der Waals surface area contributed by atoms with Gasteiger partial charge in [-0.05, 0) is 12.1 Å². The first-order valence-corrected chi connectivity index (χ1v) is 6.13. The van der Waals surface area contributed by atoms with E-state index in [1.807, 2.05) is 13.8 Å². The molecule has 0 fully saturated rings. The summed E-state index contributed by atoms with van der Waals surface area (Å²) < 4.78 is 39.1. The summed E-state index contributed by atoms with van der Waals surface area (Å²) >= 11 is 1.26. The van der Waals surface area contributed by atoms with Crippen molar-refractivity contribution in [3.63, 3.8) is 0 Å². The topological polar surface area (TPSA) is 38.9 Å². The molecule has 2 nitrogen and oxygen atoms in total. The van der Waals surface area contributed by atoms with Gasteiger partial charge in [-0.2, -0.15) is 0 Å². The monoisotopic (exact) mass is 272 g/mol. The standard InChI is InChI=1S/C12H11F3N2S/c1-5(2)12-17-10(11(16)18-12)6-3-7(13)9(15)8(14)4-6/h3-5H,16H2,1-2H3. The van der Waals surface area contributed by atoms with E-state index < -0.39 is 17.5 Å². The van der Waals surface area contributed by atoms with Crippen LogP contribution in [0.4, 0.5) is 18.2 Å². The molecular formula is C12H11F3N2S. The number of hydrogen-bond acceptors (Lipinski definition) is 3. The molecule has 1 heterocycles. The van der Waals surface area contributed by atoms with Gasteiger partial charge < -0.3 is 5.73 Å². The SMILES string of the molecule is CC(C)c1nc(-c2cc(F)c(F)c(F)c2)c(N)s1. The van der Waals surface area contributed by atoms with Crippen molar-refractivity contribution in [2.75, 3.05) is 5.73 Å². The zero-order valence-corrected chi connectivity index (χ0v) is 10.6. The fourth-order valence-corrected chi connectivity index (χ4v) is 2.35. The Balaban J connectivity index is 2.55. The van der Waals surface area contributed by atoms with Crippen molar-refractivity contribution < 1.29 is 13.2 Å². The van der Waals surface area contributed by atoms with E-state index in [1.54, 1.807) is 0 Å². The molecule has 2 aromatic rings.